The highest BCUT2D eigenvalue weighted by molar-refractivity contribution is 5.86. The maximum Gasteiger partial charge on any atom is 0.358 e. The van der Waals surface area contributed by atoms with Crippen molar-refractivity contribution in [3.63, 3.8) is 0 Å². The van der Waals surface area contributed by atoms with Crippen molar-refractivity contribution in [2.45, 2.75) is 13.5 Å². The highest BCUT2D eigenvalue weighted by Crippen LogP contribution is 2.05. The van der Waals surface area contributed by atoms with E-state index in [0.29, 0.717) is 11.4 Å². The summed E-state index contributed by atoms with van der Waals surface area (Å²) >= 11 is 0. The molecule has 0 unspecified atom stereocenters. The minimum Gasteiger partial charge on any atom is -0.476 e. The van der Waals surface area contributed by atoms with E-state index in [1.807, 2.05) is 0 Å². The zero-order valence-corrected chi connectivity index (χ0v) is 11.2. The van der Waals surface area contributed by atoms with Gasteiger partial charge in [0.05, 0.1) is 12.2 Å². The Labute approximate surface area is 112 Å². The van der Waals surface area contributed by atoms with Gasteiger partial charge in [0.1, 0.15) is 0 Å². The largest absolute Gasteiger partial charge is 0.476 e. The van der Waals surface area contributed by atoms with Gasteiger partial charge in [-0.25, -0.2) is 14.3 Å². The van der Waals surface area contributed by atoms with Crippen molar-refractivity contribution in [1.82, 2.24) is 24.1 Å². The van der Waals surface area contributed by atoms with Crippen LogP contribution in [-0.2, 0) is 20.6 Å². The Morgan fingerprint density at radius 1 is 1.30 bits per heavy atom. The Bertz CT molecular complexity index is 798. The van der Waals surface area contributed by atoms with Crippen LogP contribution in [-0.4, -0.2) is 35.2 Å². The van der Waals surface area contributed by atoms with E-state index in [-0.39, 0.29) is 12.2 Å². The van der Waals surface area contributed by atoms with Crippen LogP contribution in [0.25, 0.3) is 0 Å². The summed E-state index contributed by atoms with van der Waals surface area (Å²) in [4.78, 5) is 34.3. The van der Waals surface area contributed by atoms with Crippen LogP contribution in [0.5, 0.6) is 0 Å². The first-order chi connectivity index (χ1) is 9.32. The van der Waals surface area contributed by atoms with Crippen LogP contribution in [0.4, 0.5) is 0 Å². The van der Waals surface area contributed by atoms with Gasteiger partial charge < -0.3 is 5.11 Å². The fourth-order valence-electron chi connectivity index (χ4n) is 1.79. The molecule has 0 aliphatic rings. The molecule has 0 fully saturated rings. The van der Waals surface area contributed by atoms with E-state index in [1.54, 1.807) is 6.92 Å². The predicted octanol–water partition coefficient (Wildman–Crippen LogP) is -1.27. The van der Waals surface area contributed by atoms with Crippen LogP contribution in [0, 0.1) is 6.92 Å². The number of aromatic nitrogens is 5. The standard InChI is InChI=1S/C11H13N5O4/c1-6-9(10(18)19)12-13-16(6)5-7-4-8(17)15(3)11(20)14(7)2/h4H,5H2,1-3H3,(H,18,19). The second-order valence-electron chi connectivity index (χ2n) is 4.36. The quantitative estimate of drug-likeness (QED) is 0.749. The third-order valence-corrected chi connectivity index (χ3v) is 3.12. The molecule has 106 valence electrons. The minimum atomic E-state index is -1.17. The average Bonchev–Trinajstić information content (AvgIpc) is 2.75. The van der Waals surface area contributed by atoms with E-state index >= 15 is 0 Å². The number of nitrogens with zero attached hydrogens (tertiary/aromatic N) is 5. The van der Waals surface area contributed by atoms with Gasteiger partial charge in [0, 0.05) is 25.9 Å². The molecule has 2 aromatic heterocycles. The molecule has 0 spiro atoms. The van der Waals surface area contributed by atoms with E-state index < -0.39 is 17.2 Å². The summed E-state index contributed by atoms with van der Waals surface area (Å²) in [6.07, 6.45) is 0. The van der Waals surface area contributed by atoms with Crippen LogP contribution >= 0.6 is 0 Å². The van der Waals surface area contributed by atoms with Gasteiger partial charge in [-0.2, -0.15) is 0 Å². The third kappa shape index (κ3) is 2.13. The van der Waals surface area contributed by atoms with Crippen molar-refractivity contribution in [3.8, 4) is 0 Å². The molecule has 9 nitrogen and oxygen atoms in total. The number of carboxylic acid groups (broad SMARTS) is 1. The molecule has 0 saturated carbocycles. The second kappa shape index (κ2) is 4.76. The SMILES string of the molecule is Cc1c(C(=O)O)nnn1Cc1cc(=O)n(C)c(=O)n1C. The molecule has 2 heterocycles. The average molecular weight is 279 g/mol. The van der Waals surface area contributed by atoms with Crippen LogP contribution < -0.4 is 11.2 Å². The summed E-state index contributed by atoms with van der Waals surface area (Å²) in [5, 5.41) is 16.2. The van der Waals surface area contributed by atoms with Gasteiger partial charge >= 0.3 is 11.7 Å². The van der Waals surface area contributed by atoms with E-state index in [0.717, 1.165) is 4.57 Å². The summed E-state index contributed by atoms with van der Waals surface area (Å²) in [6, 6.07) is 1.31. The van der Waals surface area contributed by atoms with Crippen molar-refractivity contribution >= 4 is 5.97 Å². The Morgan fingerprint density at radius 3 is 2.50 bits per heavy atom. The Hall–Kier alpha value is -2.71. The first kappa shape index (κ1) is 13.7. The van der Waals surface area contributed by atoms with Crippen LogP contribution in [0.1, 0.15) is 21.9 Å². The van der Waals surface area contributed by atoms with Crippen molar-refractivity contribution in [3.05, 3.63) is 44.0 Å². The summed E-state index contributed by atoms with van der Waals surface area (Å²) in [5.41, 5.74) is -0.268. The van der Waals surface area contributed by atoms with E-state index in [2.05, 4.69) is 10.3 Å². The highest BCUT2D eigenvalue weighted by atomic mass is 16.4. The summed E-state index contributed by atoms with van der Waals surface area (Å²) in [7, 11) is 2.92. The monoisotopic (exact) mass is 279 g/mol. The molecule has 2 rings (SSSR count). The van der Waals surface area contributed by atoms with Gasteiger partial charge in [0.2, 0.25) is 0 Å². The molecule has 0 atom stereocenters. The molecule has 2 aromatic rings. The lowest BCUT2D eigenvalue weighted by atomic mass is 10.3. The zero-order chi connectivity index (χ0) is 15.0. The van der Waals surface area contributed by atoms with E-state index in [4.69, 9.17) is 5.11 Å². The highest BCUT2D eigenvalue weighted by Gasteiger charge is 2.16. The van der Waals surface area contributed by atoms with Crippen LogP contribution in [0.2, 0.25) is 0 Å². The van der Waals surface area contributed by atoms with Gasteiger partial charge in [-0.05, 0) is 6.92 Å². The van der Waals surface area contributed by atoms with Gasteiger partial charge in [-0.1, -0.05) is 5.21 Å². The molecular weight excluding hydrogens is 266 g/mol. The predicted molar refractivity (Wildman–Crippen MR) is 67.7 cm³/mol. The van der Waals surface area contributed by atoms with Crippen molar-refractivity contribution in [2.75, 3.05) is 0 Å². The van der Waals surface area contributed by atoms with E-state index in [9.17, 15) is 14.4 Å². The van der Waals surface area contributed by atoms with Gasteiger partial charge in [-0.3, -0.25) is 13.9 Å². The maximum atomic E-state index is 11.8. The Morgan fingerprint density at radius 2 is 1.95 bits per heavy atom. The van der Waals surface area contributed by atoms with Crippen molar-refractivity contribution in [1.29, 1.82) is 0 Å². The topological polar surface area (TPSA) is 112 Å². The first-order valence-electron chi connectivity index (χ1n) is 5.72. The molecule has 1 N–H and O–H groups in total. The summed E-state index contributed by atoms with van der Waals surface area (Å²) in [5.74, 6) is -1.17. The number of hydrogen-bond acceptors (Lipinski definition) is 5. The second-order valence-corrected chi connectivity index (χ2v) is 4.36. The van der Waals surface area contributed by atoms with Gasteiger partial charge in [0.15, 0.2) is 5.69 Å². The molecule has 0 aromatic carbocycles. The van der Waals surface area contributed by atoms with Gasteiger partial charge in [0.25, 0.3) is 5.56 Å². The van der Waals surface area contributed by atoms with Crippen LogP contribution in [0.15, 0.2) is 15.7 Å². The zero-order valence-electron chi connectivity index (χ0n) is 11.2. The summed E-state index contributed by atoms with van der Waals surface area (Å²) < 4.78 is 3.63. The molecule has 0 amide bonds. The maximum absolute atomic E-state index is 11.8. The van der Waals surface area contributed by atoms with Crippen molar-refractivity contribution in [2.24, 2.45) is 14.1 Å². The normalized spacial score (nSPS) is 10.8. The Balaban J connectivity index is 2.49. The summed E-state index contributed by atoms with van der Waals surface area (Å²) in [6.45, 7) is 1.65. The number of rotatable bonds is 3. The molecule has 20 heavy (non-hydrogen) atoms. The lowest BCUT2D eigenvalue weighted by Crippen LogP contribution is -2.38. The molecule has 0 radical (unpaired) electrons. The molecule has 0 bridgehead atoms. The number of carboxylic acids is 1. The lowest BCUT2D eigenvalue weighted by Gasteiger charge is -2.09. The molecule has 9 heteroatoms. The molecule has 0 aliphatic carbocycles. The number of hydrogen-bond donors (Lipinski definition) is 1. The number of aromatic carboxylic acids is 1. The first-order valence-corrected chi connectivity index (χ1v) is 5.72. The fourth-order valence-corrected chi connectivity index (χ4v) is 1.79. The van der Waals surface area contributed by atoms with Crippen LogP contribution in [0.3, 0.4) is 0 Å². The fraction of sp³-hybridized carbons (Fsp3) is 0.364. The number of carbonyl (C=O) groups is 1. The Kier molecular flexibility index (Phi) is 3.26. The third-order valence-electron chi connectivity index (χ3n) is 3.12. The molecular formula is C11H13N5O4. The van der Waals surface area contributed by atoms with E-state index in [1.165, 1.54) is 29.4 Å². The molecule has 0 saturated heterocycles. The minimum absolute atomic E-state index is 0.0912. The smallest absolute Gasteiger partial charge is 0.358 e. The lowest BCUT2D eigenvalue weighted by molar-refractivity contribution is 0.0689. The van der Waals surface area contributed by atoms with Gasteiger partial charge in [-0.15, -0.1) is 5.10 Å². The van der Waals surface area contributed by atoms with Crippen molar-refractivity contribution < 1.29 is 9.90 Å². The molecule has 0 aliphatic heterocycles.